The number of carboxylic acids is 1. The topological polar surface area (TPSA) is 66.8 Å². The Kier molecular flexibility index (Phi) is 4.15. The van der Waals surface area contributed by atoms with Gasteiger partial charge < -0.3 is 14.7 Å². The molecule has 1 amide bonds. The number of carbonyl (C=O) groups excluding carboxylic acids is 1. The van der Waals surface area contributed by atoms with Crippen molar-refractivity contribution in [3.63, 3.8) is 0 Å². The van der Waals surface area contributed by atoms with Gasteiger partial charge in [0.05, 0.1) is 17.5 Å². The van der Waals surface area contributed by atoms with Gasteiger partial charge in [-0.2, -0.15) is 0 Å². The van der Waals surface area contributed by atoms with Gasteiger partial charge in [-0.3, -0.25) is 9.59 Å². The summed E-state index contributed by atoms with van der Waals surface area (Å²) in [6, 6.07) is 0. The lowest BCUT2D eigenvalue weighted by molar-refractivity contribution is -0.141. The van der Waals surface area contributed by atoms with Crippen LogP contribution >= 0.6 is 27.3 Å². The minimum Gasteiger partial charge on any atom is -0.494 e. The van der Waals surface area contributed by atoms with Gasteiger partial charge in [0.15, 0.2) is 5.75 Å². The number of hydrogen-bond acceptors (Lipinski definition) is 4. The average molecular weight is 348 g/mol. The predicted molar refractivity (Wildman–Crippen MR) is 75.0 cm³/mol. The molecule has 0 radical (unpaired) electrons. The fourth-order valence-corrected chi connectivity index (χ4v) is 3.83. The molecule has 1 aliphatic heterocycles. The molecule has 0 bridgehead atoms. The Hall–Kier alpha value is -1.08. The summed E-state index contributed by atoms with van der Waals surface area (Å²) in [5.41, 5.74) is 0. The molecule has 0 spiro atoms. The number of nitrogens with zero attached hydrogens (tertiary/aromatic N) is 1. The summed E-state index contributed by atoms with van der Waals surface area (Å²) < 4.78 is 6.04. The molecule has 1 aromatic heterocycles. The summed E-state index contributed by atoms with van der Waals surface area (Å²) in [4.78, 5) is 26.4. The molecule has 5 nitrogen and oxygen atoms in total. The zero-order valence-corrected chi connectivity index (χ0v) is 13.0. The number of carbonyl (C=O) groups is 2. The number of methoxy groups -OCH3 is 1. The first-order valence-electron chi connectivity index (χ1n) is 5.80. The second kappa shape index (κ2) is 5.50. The molecule has 1 aliphatic rings. The number of ether oxygens (including phenoxy) is 1. The van der Waals surface area contributed by atoms with Crippen molar-refractivity contribution in [2.24, 2.45) is 5.92 Å². The maximum Gasteiger partial charge on any atom is 0.308 e. The molecule has 1 aromatic rings. The third-order valence-corrected chi connectivity index (χ3v) is 5.48. The van der Waals surface area contributed by atoms with Gasteiger partial charge in [-0.15, -0.1) is 11.3 Å². The third-order valence-electron chi connectivity index (χ3n) is 3.19. The molecule has 1 saturated heterocycles. The van der Waals surface area contributed by atoms with Gasteiger partial charge in [-0.05, 0) is 29.3 Å². The molecular weight excluding hydrogens is 334 g/mol. The Bertz CT molecular complexity index is 528. The number of aliphatic carboxylic acids is 1. The van der Waals surface area contributed by atoms with Crippen LogP contribution in [0.15, 0.2) is 4.47 Å². The molecular formula is C12H14BrNO4S. The molecule has 0 aromatic carbocycles. The molecule has 0 aliphatic carbocycles. The highest BCUT2D eigenvalue weighted by molar-refractivity contribution is 9.10. The first kappa shape index (κ1) is 14.3. The Labute approximate surface area is 123 Å². The average Bonchev–Trinajstić information content (AvgIpc) is 2.95. The van der Waals surface area contributed by atoms with Crippen molar-refractivity contribution in [2.75, 3.05) is 20.2 Å². The monoisotopic (exact) mass is 347 g/mol. The van der Waals surface area contributed by atoms with E-state index in [1.165, 1.54) is 18.4 Å². The van der Waals surface area contributed by atoms with Gasteiger partial charge in [0, 0.05) is 18.0 Å². The summed E-state index contributed by atoms with van der Waals surface area (Å²) in [5.74, 6) is -0.920. The normalized spacial score (nSPS) is 18.7. The SMILES string of the molecule is COc1c(C(=O)N2CC[C@@H](C(=O)O)C2)sc(C)c1Br. The molecule has 1 N–H and O–H groups in total. The summed E-state index contributed by atoms with van der Waals surface area (Å²) in [5, 5.41) is 8.96. The van der Waals surface area contributed by atoms with E-state index in [1.54, 1.807) is 4.90 Å². The molecule has 7 heteroatoms. The van der Waals surface area contributed by atoms with Crippen LogP contribution in [-0.4, -0.2) is 42.1 Å². The van der Waals surface area contributed by atoms with Crippen LogP contribution in [0.25, 0.3) is 0 Å². The van der Waals surface area contributed by atoms with Gasteiger partial charge in [-0.25, -0.2) is 0 Å². The summed E-state index contributed by atoms with van der Waals surface area (Å²) in [6.45, 7) is 2.65. The maximum absolute atomic E-state index is 12.4. The Morgan fingerprint density at radius 3 is 2.74 bits per heavy atom. The first-order valence-corrected chi connectivity index (χ1v) is 7.41. The van der Waals surface area contributed by atoms with E-state index in [2.05, 4.69) is 15.9 Å². The van der Waals surface area contributed by atoms with Crippen molar-refractivity contribution in [3.05, 3.63) is 14.2 Å². The minimum absolute atomic E-state index is 0.153. The van der Waals surface area contributed by atoms with Crippen LogP contribution < -0.4 is 4.74 Å². The van der Waals surface area contributed by atoms with E-state index in [-0.39, 0.29) is 12.5 Å². The number of hydrogen-bond donors (Lipinski definition) is 1. The standard InChI is InChI=1S/C12H14BrNO4S/c1-6-8(13)9(18-2)10(19-6)11(15)14-4-3-7(5-14)12(16)17/h7H,3-5H2,1-2H3,(H,16,17)/t7-/m1/s1. The van der Waals surface area contributed by atoms with Crippen LogP contribution in [0, 0.1) is 12.8 Å². The smallest absolute Gasteiger partial charge is 0.308 e. The molecule has 19 heavy (non-hydrogen) atoms. The van der Waals surface area contributed by atoms with Gasteiger partial charge in [0.2, 0.25) is 0 Å². The third kappa shape index (κ3) is 2.62. The van der Waals surface area contributed by atoms with Crippen LogP contribution in [0.3, 0.4) is 0 Å². The van der Waals surface area contributed by atoms with Crippen molar-refractivity contribution < 1.29 is 19.4 Å². The first-order chi connectivity index (χ1) is 8.95. The zero-order chi connectivity index (χ0) is 14.2. The summed E-state index contributed by atoms with van der Waals surface area (Å²) in [6.07, 6.45) is 0.509. The van der Waals surface area contributed by atoms with Gasteiger partial charge in [0.25, 0.3) is 5.91 Å². The molecule has 2 heterocycles. The quantitative estimate of drug-likeness (QED) is 0.911. The Morgan fingerprint density at radius 1 is 1.53 bits per heavy atom. The predicted octanol–water partition coefficient (Wildman–Crippen LogP) is 2.37. The van der Waals surface area contributed by atoms with Crippen LogP contribution in [0.1, 0.15) is 21.0 Å². The Balaban J connectivity index is 2.21. The largest absolute Gasteiger partial charge is 0.494 e. The van der Waals surface area contributed by atoms with E-state index in [0.717, 1.165) is 9.35 Å². The second-order valence-corrected chi connectivity index (χ2v) is 6.43. The summed E-state index contributed by atoms with van der Waals surface area (Å²) >= 11 is 4.75. The van der Waals surface area contributed by atoms with Crippen LogP contribution in [0.4, 0.5) is 0 Å². The number of thiophene rings is 1. The van der Waals surface area contributed by atoms with E-state index in [1.807, 2.05) is 6.92 Å². The van der Waals surface area contributed by atoms with E-state index >= 15 is 0 Å². The number of rotatable bonds is 3. The lowest BCUT2D eigenvalue weighted by atomic mass is 10.1. The number of halogens is 1. The molecule has 1 fully saturated rings. The summed E-state index contributed by atoms with van der Waals surface area (Å²) in [7, 11) is 1.52. The lowest BCUT2D eigenvalue weighted by Crippen LogP contribution is -2.29. The molecule has 2 rings (SSSR count). The molecule has 104 valence electrons. The highest BCUT2D eigenvalue weighted by Gasteiger charge is 2.33. The van der Waals surface area contributed by atoms with E-state index in [0.29, 0.717) is 23.6 Å². The molecule has 1 atom stereocenters. The van der Waals surface area contributed by atoms with Gasteiger partial charge in [0.1, 0.15) is 4.88 Å². The molecule has 0 saturated carbocycles. The fourth-order valence-electron chi connectivity index (χ4n) is 2.12. The highest BCUT2D eigenvalue weighted by atomic mass is 79.9. The van der Waals surface area contributed by atoms with Crippen LogP contribution in [-0.2, 0) is 4.79 Å². The van der Waals surface area contributed by atoms with Crippen molar-refractivity contribution in [1.29, 1.82) is 0 Å². The lowest BCUT2D eigenvalue weighted by Gasteiger charge is -2.15. The van der Waals surface area contributed by atoms with Gasteiger partial charge >= 0.3 is 5.97 Å². The highest BCUT2D eigenvalue weighted by Crippen LogP contribution is 2.40. The van der Waals surface area contributed by atoms with E-state index in [9.17, 15) is 9.59 Å². The van der Waals surface area contributed by atoms with Crippen molar-refractivity contribution in [1.82, 2.24) is 4.90 Å². The van der Waals surface area contributed by atoms with Crippen molar-refractivity contribution in [3.8, 4) is 5.75 Å². The molecule has 0 unspecified atom stereocenters. The van der Waals surface area contributed by atoms with Crippen molar-refractivity contribution in [2.45, 2.75) is 13.3 Å². The van der Waals surface area contributed by atoms with E-state index < -0.39 is 11.9 Å². The minimum atomic E-state index is -0.842. The van der Waals surface area contributed by atoms with Crippen molar-refractivity contribution >= 4 is 39.1 Å². The number of likely N-dealkylation sites (tertiary alicyclic amines) is 1. The number of carboxylic acid groups (broad SMARTS) is 1. The Morgan fingerprint density at radius 2 is 2.21 bits per heavy atom. The van der Waals surface area contributed by atoms with Crippen LogP contribution in [0.5, 0.6) is 5.75 Å². The van der Waals surface area contributed by atoms with Gasteiger partial charge in [-0.1, -0.05) is 0 Å². The van der Waals surface area contributed by atoms with E-state index in [4.69, 9.17) is 9.84 Å². The fraction of sp³-hybridized carbons (Fsp3) is 0.500. The number of amides is 1. The maximum atomic E-state index is 12.4. The number of aryl methyl sites for hydroxylation is 1. The van der Waals surface area contributed by atoms with Crippen LogP contribution in [0.2, 0.25) is 0 Å². The second-order valence-electron chi connectivity index (χ2n) is 4.41. The zero-order valence-electron chi connectivity index (χ0n) is 10.6.